The number of nitrogens with zero attached hydrogens (tertiary/aromatic N) is 2. The van der Waals surface area contributed by atoms with Crippen molar-refractivity contribution in [2.75, 3.05) is 5.32 Å². The zero-order valence-electron chi connectivity index (χ0n) is 16.4. The van der Waals surface area contributed by atoms with Gasteiger partial charge in [-0.25, -0.2) is 4.98 Å². The lowest BCUT2D eigenvalue weighted by atomic mass is 9.95. The van der Waals surface area contributed by atoms with Crippen molar-refractivity contribution in [3.8, 4) is 11.4 Å². The van der Waals surface area contributed by atoms with Gasteiger partial charge in [0, 0.05) is 22.8 Å². The molecule has 0 spiro atoms. The van der Waals surface area contributed by atoms with E-state index in [1.165, 1.54) is 24.8 Å². The van der Waals surface area contributed by atoms with E-state index in [9.17, 15) is 4.79 Å². The second-order valence-electron chi connectivity index (χ2n) is 7.58. The van der Waals surface area contributed by atoms with E-state index in [-0.39, 0.29) is 5.91 Å². The molecular formula is C22H26N4OS. The van der Waals surface area contributed by atoms with Gasteiger partial charge in [-0.3, -0.25) is 4.79 Å². The summed E-state index contributed by atoms with van der Waals surface area (Å²) in [6.07, 6.45) is 6.02. The minimum absolute atomic E-state index is 0.374. The highest BCUT2D eigenvalue weighted by Gasteiger charge is 2.25. The Bertz CT molecular complexity index is 981. The molecule has 0 unspecified atom stereocenters. The first-order valence-electron chi connectivity index (χ1n) is 9.84. The quantitative estimate of drug-likeness (QED) is 0.593. The van der Waals surface area contributed by atoms with Crippen LogP contribution in [-0.4, -0.2) is 15.5 Å². The Labute approximate surface area is 169 Å². The predicted molar refractivity (Wildman–Crippen MR) is 115 cm³/mol. The molecule has 1 aromatic carbocycles. The van der Waals surface area contributed by atoms with E-state index in [1.807, 2.05) is 13.0 Å². The van der Waals surface area contributed by atoms with Crippen LogP contribution in [0.2, 0.25) is 0 Å². The number of nitrogens with one attached hydrogen (secondary N) is 1. The Kier molecular flexibility index (Phi) is 5.22. The van der Waals surface area contributed by atoms with Crippen molar-refractivity contribution in [2.45, 2.75) is 52.0 Å². The fourth-order valence-electron chi connectivity index (χ4n) is 4.09. The molecule has 28 heavy (non-hydrogen) atoms. The molecule has 2 aromatic heterocycles. The molecule has 3 aromatic rings. The van der Waals surface area contributed by atoms with E-state index in [0.717, 1.165) is 40.7 Å². The summed E-state index contributed by atoms with van der Waals surface area (Å²) in [5.41, 5.74) is 11.3. The third-order valence-corrected chi connectivity index (χ3v) is 6.32. The average Bonchev–Trinajstić information content (AvgIpc) is 3.28. The summed E-state index contributed by atoms with van der Waals surface area (Å²) in [5, 5.41) is 6.26. The van der Waals surface area contributed by atoms with Gasteiger partial charge in [-0.1, -0.05) is 37.0 Å². The Morgan fingerprint density at radius 3 is 2.57 bits per heavy atom. The first-order valence-corrected chi connectivity index (χ1v) is 10.7. The molecule has 2 heterocycles. The average molecular weight is 395 g/mol. The molecular weight excluding hydrogens is 368 g/mol. The van der Waals surface area contributed by atoms with E-state index in [0.29, 0.717) is 11.6 Å². The van der Waals surface area contributed by atoms with E-state index in [4.69, 9.17) is 10.7 Å². The lowest BCUT2D eigenvalue weighted by molar-refractivity contribution is 0.0999. The minimum Gasteiger partial charge on any atom is -0.366 e. The highest BCUT2D eigenvalue weighted by molar-refractivity contribution is 7.14. The number of aromatic nitrogens is 2. The highest BCUT2D eigenvalue weighted by atomic mass is 32.1. The number of hydrogen-bond acceptors (Lipinski definition) is 4. The van der Waals surface area contributed by atoms with Crippen LogP contribution in [0.1, 0.15) is 59.8 Å². The van der Waals surface area contributed by atoms with Crippen molar-refractivity contribution in [1.82, 2.24) is 9.55 Å². The fourth-order valence-corrected chi connectivity index (χ4v) is 4.81. The zero-order valence-corrected chi connectivity index (χ0v) is 17.2. The van der Waals surface area contributed by atoms with Crippen LogP contribution in [0.4, 0.5) is 10.8 Å². The predicted octanol–water partition coefficient (Wildman–Crippen LogP) is 5.58. The number of amides is 1. The van der Waals surface area contributed by atoms with Crippen molar-refractivity contribution >= 4 is 28.1 Å². The van der Waals surface area contributed by atoms with Gasteiger partial charge in [0.1, 0.15) is 0 Å². The molecule has 1 saturated carbocycles. The fraction of sp³-hybridized carbons (Fsp3) is 0.364. The summed E-state index contributed by atoms with van der Waals surface area (Å²) in [5.74, 6) is -0.374. The molecule has 1 fully saturated rings. The van der Waals surface area contributed by atoms with Crippen LogP contribution in [0.25, 0.3) is 11.4 Å². The van der Waals surface area contributed by atoms with E-state index < -0.39 is 0 Å². The molecule has 0 bridgehead atoms. The second-order valence-corrected chi connectivity index (χ2v) is 8.44. The third kappa shape index (κ3) is 3.69. The SMILES string of the molecule is Cc1ccc(Nc2nc(-c3cc(C(N)=O)c(C)n3C3CCCCC3)cs2)cc1. The monoisotopic (exact) mass is 394 g/mol. The van der Waals surface area contributed by atoms with E-state index in [2.05, 4.69) is 46.5 Å². The van der Waals surface area contributed by atoms with Gasteiger partial charge in [0.25, 0.3) is 5.91 Å². The largest absolute Gasteiger partial charge is 0.366 e. The number of anilines is 2. The maximum atomic E-state index is 12.0. The van der Waals surface area contributed by atoms with Crippen molar-refractivity contribution in [3.05, 3.63) is 52.5 Å². The third-order valence-electron chi connectivity index (χ3n) is 5.57. The lowest BCUT2D eigenvalue weighted by Crippen LogP contribution is -2.17. The summed E-state index contributed by atoms with van der Waals surface area (Å²) >= 11 is 1.57. The topological polar surface area (TPSA) is 72.9 Å². The summed E-state index contributed by atoms with van der Waals surface area (Å²) in [6, 6.07) is 10.6. The summed E-state index contributed by atoms with van der Waals surface area (Å²) < 4.78 is 2.30. The number of rotatable bonds is 5. The molecule has 3 N–H and O–H groups in total. The van der Waals surface area contributed by atoms with Gasteiger partial charge < -0.3 is 15.6 Å². The highest BCUT2D eigenvalue weighted by Crippen LogP contribution is 2.37. The van der Waals surface area contributed by atoms with Gasteiger partial charge in [-0.15, -0.1) is 11.3 Å². The van der Waals surface area contributed by atoms with Crippen LogP contribution in [0.3, 0.4) is 0 Å². The first kappa shape index (κ1) is 18.7. The normalized spacial score (nSPS) is 14.9. The number of nitrogens with two attached hydrogens (primary N) is 1. The first-order chi connectivity index (χ1) is 13.5. The standard InChI is InChI=1S/C22H26N4OS/c1-14-8-10-16(11-9-14)24-22-25-19(13-28-22)20-12-18(21(23)27)15(2)26(20)17-6-4-3-5-7-17/h8-13,17H,3-7H2,1-2H3,(H2,23,27)(H,24,25). The van der Waals surface area contributed by atoms with Crippen molar-refractivity contribution in [2.24, 2.45) is 5.73 Å². The summed E-state index contributed by atoms with van der Waals surface area (Å²) in [4.78, 5) is 16.8. The smallest absolute Gasteiger partial charge is 0.250 e. The van der Waals surface area contributed by atoms with Crippen molar-refractivity contribution in [1.29, 1.82) is 0 Å². The van der Waals surface area contributed by atoms with Crippen molar-refractivity contribution < 1.29 is 4.79 Å². The second kappa shape index (κ2) is 7.80. The lowest BCUT2D eigenvalue weighted by Gasteiger charge is -2.26. The van der Waals surface area contributed by atoms with Crippen LogP contribution >= 0.6 is 11.3 Å². The number of benzene rings is 1. The number of thiazole rings is 1. The maximum Gasteiger partial charge on any atom is 0.250 e. The summed E-state index contributed by atoms with van der Waals surface area (Å²) in [7, 11) is 0. The molecule has 146 valence electrons. The van der Waals surface area contributed by atoms with Crippen LogP contribution in [-0.2, 0) is 0 Å². The molecule has 0 aliphatic heterocycles. The molecule has 6 heteroatoms. The molecule has 0 atom stereocenters. The zero-order chi connectivity index (χ0) is 19.7. The Hall–Kier alpha value is -2.60. The number of primary amides is 1. The van der Waals surface area contributed by atoms with E-state index >= 15 is 0 Å². The van der Waals surface area contributed by atoms with Crippen LogP contribution in [0, 0.1) is 13.8 Å². The van der Waals surface area contributed by atoms with Gasteiger partial charge in [0.2, 0.25) is 0 Å². The maximum absolute atomic E-state index is 12.0. The molecule has 0 saturated heterocycles. The van der Waals surface area contributed by atoms with Gasteiger partial charge in [-0.05, 0) is 44.9 Å². The van der Waals surface area contributed by atoms with Crippen LogP contribution in [0.15, 0.2) is 35.7 Å². The molecule has 0 radical (unpaired) electrons. The molecule has 4 rings (SSSR count). The Balaban J connectivity index is 1.68. The summed E-state index contributed by atoms with van der Waals surface area (Å²) in [6.45, 7) is 4.07. The number of carbonyl (C=O) groups excluding carboxylic acids is 1. The van der Waals surface area contributed by atoms with Gasteiger partial charge in [0.05, 0.1) is 17.0 Å². The van der Waals surface area contributed by atoms with Crippen LogP contribution in [0.5, 0.6) is 0 Å². The number of hydrogen-bond donors (Lipinski definition) is 2. The Morgan fingerprint density at radius 1 is 1.18 bits per heavy atom. The molecule has 1 aliphatic carbocycles. The number of carbonyl (C=O) groups is 1. The molecule has 5 nitrogen and oxygen atoms in total. The van der Waals surface area contributed by atoms with Gasteiger partial charge in [-0.2, -0.15) is 0 Å². The molecule has 1 aliphatic rings. The van der Waals surface area contributed by atoms with Gasteiger partial charge in [0.15, 0.2) is 5.13 Å². The van der Waals surface area contributed by atoms with Gasteiger partial charge >= 0.3 is 0 Å². The number of aryl methyl sites for hydroxylation is 1. The Morgan fingerprint density at radius 2 is 1.89 bits per heavy atom. The molecule has 1 amide bonds. The van der Waals surface area contributed by atoms with Crippen LogP contribution < -0.4 is 11.1 Å². The minimum atomic E-state index is -0.374. The van der Waals surface area contributed by atoms with Crippen molar-refractivity contribution in [3.63, 3.8) is 0 Å². The van der Waals surface area contributed by atoms with E-state index in [1.54, 1.807) is 11.3 Å².